The summed E-state index contributed by atoms with van der Waals surface area (Å²) in [5.41, 5.74) is 8.41. The van der Waals surface area contributed by atoms with Gasteiger partial charge in [-0.25, -0.2) is 4.98 Å². The number of aliphatic hydroxyl groups is 1. The molecule has 2 aromatic rings. The van der Waals surface area contributed by atoms with Gasteiger partial charge in [0.05, 0.1) is 24.2 Å². The highest BCUT2D eigenvalue weighted by molar-refractivity contribution is 5.78. The summed E-state index contributed by atoms with van der Waals surface area (Å²) in [6.07, 6.45) is 2.22. The first-order valence-corrected chi connectivity index (χ1v) is 6.35. The van der Waals surface area contributed by atoms with Gasteiger partial charge in [-0.3, -0.25) is 4.90 Å². The maximum atomic E-state index is 9.30. The van der Waals surface area contributed by atoms with Gasteiger partial charge in [0.15, 0.2) is 0 Å². The quantitative estimate of drug-likeness (QED) is 0.709. The molecule has 96 valence electrons. The Labute approximate surface area is 106 Å². The summed E-state index contributed by atoms with van der Waals surface area (Å²) in [5.74, 6) is 0.941. The van der Waals surface area contributed by atoms with Crippen molar-refractivity contribution in [2.75, 3.05) is 18.9 Å². The number of nitrogens with one attached hydrogen (secondary N) is 1. The Morgan fingerprint density at radius 3 is 3.22 bits per heavy atom. The molecule has 1 unspecified atom stereocenters. The molecule has 18 heavy (non-hydrogen) atoms. The summed E-state index contributed by atoms with van der Waals surface area (Å²) in [7, 11) is 0. The summed E-state index contributed by atoms with van der Waals surface area (Å²) >= 11 is 0. The number of aromatic nitrogens is 2. The van der Waals surface area contributed by atoms with Crippen LogP contribution in [0.15, 0.2) is 18.2 Å². The van der Waals surface area contributed by atoms with Crippen molar-refractivity contribution >= 4 is 16.7 Å². The summed E-state index contributed by atoms with van der Waals surface area (Å²) in [4.78, 5) is 10.1. The van der Waals surface area contributed by atoms with Gasteiger partial charge in [-0.2, -0.15) is 0 Å². The second kappa shape index (κ2) is 4.59. The van der Waals surface area contributed by atoms with E-state index in [1.165, 1.54) is 0 Å². The van der Waals surface area contributed by atoms with Crippen LogP contribution in [0.5, 0.6) is 0 Å². The molecule has 2 heterocycles. The number of aromatic amines is 1. The Bertz CT molecular complexity index is 551. The zero-order valence-electron chi connectivity index (χ0n) is 10.3. The molecule has 1 saturated heterocycles. The van der Waals surface area contributed by atoms with E-state index in [1.807, 2.05) is 18.2 Å². The van der Waals surface area contributed by atoms with Crippen molar-refractivity contribution in [1.82, 2.24) is 14.9 Å². The molecule has 0 aliphatic carbocycles. The molecule has 5 nitrogen and oxygen atoms in total. The highest BCUT2D eigenvalue weighted by Gasteiger charge is 2.24. The smallest absolute Gasteiger partial charge is 0.121 e. The van der Waals surface area contributed by atoms with Crippen LogP contribution < -0.4 is 5.73 Å². The number of nitrogens with two attached hydrogens (primary N) is 1. The van der Waals surface area contributed by atoms with Gasteiger partial charge < -0.3 is 15.8 Å². The largest absolute Gasteiger partial charge is 0.399 e. The van der Waals surface area contributed by atoms with Gasteiger partial charge in [-0.15, -0.1) is 0 Å². The van der Waals surface area contributed by atoms with Crippen molar-refractivity contribution in [3.8, 4) is 0 Å². The van der Waals surface area contributed by atoms with E-state index in [2.05, 4.69) is 14.9 Å². The number of rotatable bonds is 3. The van der Waals surface area contributed by atoms with Gasteiger partial charge in [0, 0.05) is 11.7 Å². The molecule has 1 aromatic heterocycles. The van der Waals surface area contributed by atoms with Crippen molar-refractivity contribution in [3.63, 3.8) is 0 Å². The molecule has 4 N–H and O–H groups in total. The fourth-order valence-corrected chi connectivity index (χ4v) is 2.66. The lowest BCUT2D eigenvalue weighted by Crippen LogP contribution is -2.31. The van der Waals surface area contributed by atoms with Crippen molar-refractivity contribution in [2.24, 2.45) is 0 Å². The highest BCUT2D eigenvalue weighted by atomic mass is 16.3. The molecule has 1 fully saturated rings. The second-order valence-electron chi connectivity index (χ2n) is 4.91. The van der Waals surface area contributed by atoms with Gasteiger partial charge in [-0.1, -0.05) is 0 Å². The van der Waals surface area contributed by atoms with Crippen molar-refractivity contribution < 1.29 is 5.11 Å². The van der Waals surface area contributed by atoms with E-state index < -0.39 is 0 Å². The minimum absolute atomic E-state index is 0.229. The zero-order valence-corrected chi connectivity index (χ0v) is 10.3. The number of likely N-dealkylation sites (tertiary alicyclic amines) is 1. The second-order valence-corrected chi connectivity index (χ2v) is 4.91. The molecule has 0 saturated carbocycles. The predicted molar refractivity (Wildman–Crippen MR) is 71.0 cm³/mol. The van der Waals surface area contributed by atoms with E-state index in [9.17, 15) is 5.11 Å². The number of anilines is 1. The number of aliphatic hydroxyl groups excluding tert-OH is 1. The van der Waals surface area contributed by atoms with E-state index in [1.54, 1.807) is 0 Å². The Hall–Kier alpha value is -1.59. The third-order valence-electron chi connectivity index (χ3n) is 3.62. The van der Waals surface area contributed by atoms with Crippen LogP contribution >= 0.6 is 0 Å². The molecule has 1 aromatic carbocycles. The molecule has 5 heteroatoms. The average molecular weight is 246 g/mol. The lowest BCUT2D eigenvalue weighted by Gasteiger charge is -2.21. The van der Waals surface area contributed by atoms with E-state index in [0.717, 1.165) is 48.5 Å². The fourth-order valence-electron chi connectivity index (χ4n) is 2.66. The molecule has 3 rings (SSSR count). The summed E-state index contributed by atoms with van der Waals surface area (Å²) in [5, 5.41) is 9.30. The normalized spacial score (nSPS) is 20.8. The highest BCUT2D eigenvalue weighted by Crippen LogP contribution is 2.20. The van der Waals surface area contributed by atoms with Gasteiger partial charge >= 0.3 is 0 Å². The number of hydrogen-bond donors (Lipinski definition) is 3. The molecule has 0 radical (unpaired) electrons. The van der Waals surface area contributed by atoms with Gasteiger partial charge in [0.2, 0.25) is 0 Å². The Morgan fingerprint density at radius 2 is 2.39 bits per heavy atom. The number of nitrogen functional groups attached to an aromatic ring is 1. The number of hydrogen-bond acceptors (Lipinski definition) is 4. The van der Waals surface area contributed by atoms with E-state index in [0.29, 0.717) is 0 Å². The third kappa shape index (κ3) is 2.07. The van der Waals surface area contributed by atoms with E-state index in [4.69, 9.17) is 5.73 Å². The molecule has 1 aliphatic rings. The minimum Gasteiger partial charge on any atom is -0.399 e. The van der Waals surface area contributed by atoms with Gasteiger partial charge in [0.1, 0.15) is 5.82 Å². The average Bonchev–Trinajstić information content (AvgIpc) is 2.94. The van der Waals surface area contributed by atoms with Crippen LogP contribution in [0.2, 0.25) is 0 Å². The molecule has 0 amide bonds. The Morgan fingerprint density at radius 1 is 1.50 bits per heavy atom. The SMILES string of the molecule is Nc1ccc2nc(CN3CCCC3CO)[nH]c2c1. The number of H-pyrrole nitrogens is 1. The number of nitrogens with zero attached hydrogens (tertiary/aromatic N) is 2. The zero-order chi connectivity index (χ0) is 12.5. The van der Waals surface area contributed by atoms with Crippen molar-refractivity contribution in [1.29, 1.82) is 0 Å². The minimum atomic E-state index is 0.229. The van der Waals surface area contributed by atoms with Gasteiger partial charge in [-0.05, 0) is 37.6 Å². The van der Waals surface area contributed by atoms with E-state index >= 15 is 0 Å². The lowest BCUT2D eigenvalue weighted by molar-refractivity contribution is 0.151. The van der Waals surface area contributed by atoms with Crippen LogP contribution in [0, 0.1) is 0 Å². The fraction of sp³-hybridized carbons (Fsp3) is 0.462. The van der Waals surface area contributed by atoms with Crippen molar-refractivity contribution in [2.45, 2.75) is 25.4 Å². The molecular weight excluding hydrogens is 228 g/mol. The third-order valence-corrected chi connectivity index (χ3v) is 3.62. The van der Waals surface area contributed by atoms with Crippen molar-refractivity contribution in [3.05, 3.63) is 24.0 Å². The van der Waals surface area contributed by atoms with Crippen LogP contribution in [0.3, 0.4) is 0 Å². The molecule has 1 atom stereocenters. The van der Waals surface area contributed by atoms with Crippen LogP contribution in [-0.4, -0.2) is 39.2 Å². The first-order valence-electron chi connectivity index (χ1n) is 6.35. The summed E-state index contributed by atoms with van der Waals surface area (Å²) < 4.78 is 0. The van der Waals surface area contributed by atoms with E-state index in [-0.39, 0.29) is 12.6 Å². The first-order chi connectivity index (χ1) is 8.76. The number of imidazole rings is 1. The first kappa shape index (κ1) is 11.5. The van der Waals surface area contributed by atoms with Crippen LogP contribution in [0.1, 0.15) is 18.7 Å². The van der Waals surface area contributed by atoms with Crippen LogP contribution in [0.4, 0.5) is 5.69 Å². The Kier molecular flexibility index (Phi) is 2.93. The summed E-state index contributed by atoms with van der Waals surface area (Å²) in [6, 6.07) is 5.97. The molecule has 1 aliphatic heterocycles. The maximum absolute atomic E-state index is 9.30. The molecular formula is C13H18N4O. The van der Waals surface area contributed by atoms with Gasteiger partial charge in [0.25, 0.3) is 0 Å². The predicted octanol–water partition coefficient (Wildman–Crippen LogP) is 1.10. The monoisotopic (exact) mass is 246 g/mol. The maximum Gasteiger partial charge on any atom is 0.121 e. The summed E-state index contributed by atoms with van der Waals surface area (Å²) in [6.45, 7) is 2.03. The number of fused-ring (bicyclic) bond motifs is 1. The topological polar surface area (TPSA) is 78.2 Å². The van der Waals surface area contributed by atoms with Crippen LogP contribution in [0.25, 0.3) is 11.0 Å². The lowest BCUT2D eigenvalue weighted by atomic mass is 10.2. The number of benzene rings is 1. The standard InChI is InChI=1S/C13H18N4O/c14-9-3-4-11-12(6-9)16-13(15-11)7-17-5-1-2-10(17)8-18/h3-4,6,10,18H,1-2,5,7-8,14H2,(H,15,16). The Balaban J connectivity index is 1.82. The molecule has 0 spiro atoms. The van der Waals surface area contributed by atoms with Crippen LogP contribution in [-0.2, 0) is 6.54 Å². The molecule has 0 bridgehead atoms.